The Bertz CT molecular complexity index is 323. The zero-order valence-electron chi connectivity index (χ0n) is 10.2. The van der Waals surface area contributed by atoms with Crippen molar-refractivity contribution in [3.05, 3.63) is 23.8 Å². The van der Waals surface area contributed by atoms with E-state index in [0.717, 1.165) is 12.0 Å². The first-order chi connectivity index (χ1) is 7.67. The third-order valence-corrected chi connectivity index (χ3v) is 2.43. The van der Waals surface area contributed by atoms with Crippen LogP contribution < -0.4 is 4.74 Å². The molecule has 16 heavy (non-hydrogen) atoms. The molecule has 0 aromatic heterocycles. The lowest BCUT2D eigenvalue weighted by atomic mass is 10.2. The van der Waals surface area contributed by atoms with Crippen molar-refractivity contribution in [2.24, 2.45) is 0 Å². The summed E-state index contributed by atoms with van der Waals surface area (Å²) in [5, 5.41) is 9.52. The van der Waals surface area contributed by atoms with Gasteiger partial charge in [-0.3, -0.25) is 0 Å². The predicted molar refractivity (Wildman–Crippen MR) is 63.8 cm³/mol. The van der Waals surface area contributed by atoms with E-state index < -0.39 is 0 Å². The van der Waals surface area contributed by atoms with Crippen molar-refractivity contribution < 1.29 is 14.6 Å². The van der Waals surface area contributed by atoms with E-state index in [9.17, 15) is 5.11 Å². The maximum atomic E-state index is 9.52. The Morgan fingerprint density at radius 3 is 2.69 bits per heavy atom. The molecule has 0 saturated carbocycles. The summed E-state index contributed by atoms with van der Waals surface area (Å²) >= 11 is 0. The Hall–Kier alpha value is -1.22. The first-order valence-electron chi connectivity index (χ1n) is 5.73. The molecule has 1 rings (SSSR count). The van der Waals surface area contributed by atoms with Gasteiger partial charge in [0, 0.05) is 0 Å². The summed E-state index contributed by atoms with van der Waals surface area (Å²) in [5.41, 5.74) is 1.02. The first-order valence-corrected chi connectivity index (χ1v) is 5.73. The second-order valence-electron chi connectivity index (χ2n) is 3.76. The number of hydrogen-bond acceptors (Lipinski definition) is 3. The maximum Gasteiger partial charge on any atom is 0.161 e. The molecule has 3 nitrogen and oxygen atoms in total. The van der Waals surface area contributed by atoms with Crippen molar-refractivity contribution in [2.45, 2.75) is 39.9 Å². The lowest BCUT2D eigenvalue weighted by Crippen LogP contribution is -2.06. The fraction of sp³-hybridized carbons (Fsp3) is 0.538. The molecule has 0 spiro atoms. The van der Waals surface area contributed by atoms with E-state index in [0.29, 0.717) is 19.0 Å². The Balaban J connectivity index is 2.63. The van der Waals surface area contributed by atoms with Gasteiger partial charge in [-0.2, -0.15) is 0 Å². The molecule has 0 radical (unpaired) electrons. The number of phenolic OH excluding ortho intramolecular Hbond substituents is 1. The second-order valence-corrected chi connectivity index (χ2v) is 3.76. The van der Waals surface area contributed by atoms with Crippen LogP contribution in [0.4, 0.5) is 0 Å². The lowest BCUT2D eigenvalue weighted by molar-refractivity contribution is 0.0507. The van der Waals surface area contributed by atoms with Gasteiger partial charge in [-0.05, 0) is 38.0 Å². The standard InChI is InChI=1S/C13H20O3/c1-4-10(3)16-9-11-6-7-12(14)13(8-11)15-5-2/h6-8,10,14H,4-5,9H2,1-3H3. The summed E-state index contributed by atoms with van der Waals surface area (Å²) in [6.45, 7) is 7.12. The minimum Gasteiger partial charge on any atom is -0.504 e. The highest BCUT2D eigenvalue weighted by Gasteiger charge is 2.05. The van der Waals surface area contributed by atoms with Crippen molar-refractivity contribution >= 4 is 0 Å². The Kier molecular flexibility index (Phi) is 5.12. The largest absolute Gasteiger partial charge is 0.504 e. The van der Waals surface area contributed by atoms with Gasteiger partial charge in [0.05, 0.1) is 19.3 Å². The van der Waals surface area contributed by atoms with Gasteiger partial charge in [-0.1, -0.05) is 13.0 Å². The second kappa shape index (κ2) is 6.38. The molecule has 3 heteroatoms. The minimum absolute atomic E-state index is 0.175. The number of rotatable bonds is 6. The summed E-state index contributed by atoms with van der Waals surface area (Å²) in [7, 11) is 0. The van der Waals surface area contributed by atoms with Crippen LogP contribution in [-0.4, -0.2) is 17.8 Å². The van der Waals surface area contributed by atoms with Gasteiger partial charge in [-0.15, -0.1) is 0 Å². The number of aromatic hydroxyl groups is 1. The van der Waals surface area contributed by atoms with Crippen LogP contribution in [0.25, 0.3) is 0 Å². The molecule has 0 bridgehead atoms. The van der Waals surface area contributed by atoms with Gasteiger partial charge < -0.3 is 14.6 Å². The van der Waals surface area contributed by atoms with E-state index in [1.54, 1.807) is 6.07 Å². The number of phenols is 1. The van der Waals surface area contributed by atoms with Crippen molar-refractivity contribution in [1.29, 1.82) is 0 Å². The highest BCUT2D eigenvalue weighted by atomic mass is 16.5. The van der Waals surface area contributed by atoms with Gasteiger partial charge in [0.15, 0.2) is 11.5 Å². The van der Waals surface area contributed by atoms with Gasteiger partial charge in [-0.25, -0.2) is 0 Å². The van der Waals surface area contributed by atoms with E-state index in [1.807, 2.05) is 26.0 Å². The van der Waals surface area contributed by atoms with Crippen molar-refractivity contribution in [3.63, 3.8) is 0 Å². The van der Waals surface area contributed by atoms with Crippen molar-refractivity contribution in [2.75, 3.05) is 6.61 Å². The fourth-order valence-corrected chi connectivity index (χ4v) is 1.28. The van der Waals surface area contributed by atoms with E-state index >= 15 is 0 Å². The molecule has 0 aliphatic rings. The molecule has 1 aromatic rings. The molecule has 0 aliphatic heterocycles. The molecule has 1 unspecified atom stereocenters. The van der Waals surface area contributed by atoms with E-state index in [2.05, 4.69) is 6.92 Å². The summed E-state index contributed by atoms with van der Waals surface area (Å²) < 4.78 is 10.9. The van der Waals surface area contributed by atoms with Gasteiger partial charge in [0.2, 0.25) is 0 Å². The molecular weight excluding hydrogens is 204 g/mol. The van der Waals surface area contributed by atoms with Crippen LogP contribution in [0, 0.1) is 0 Å². The molecule has 1 atom stereocenters. The molecule has 0 saturated heterocycles. The Labute approximate surface area is 97.0 Å². The summed E-state index contributed by atoms with van der Waals surface area (Å²) in [6, 6.07) is 5.31. The van der Waals surface area contributed by atoms with Crippen LogP contribution in [0.1, 0.15) is 32.8 Å². The quantitative estimate of drug-likeness (QED) is 0.807. The molecule has 0 fully saturated rings. The van der Waals surface area contributed by atoms with Crippen LogP contribution in [0.2, 0.25) is 0 Å². The SMILES string of the molecule is CCOc1cc(COC(C)CC)ccc1O. The average molecular weight is 224 g/mol. The van der Waals surface area contributed by atoms with Crippen LogP contribution in [0.3, 0.4) is 0 Å². The normalized spacial score (nSPS) is 12.4. The molecule has 1 N–H and O–H groups in total. The molecular formula is C13H20O3. The highest BCUT2D eigenvalue weighted by Crippen LogP contribution is 2.27. The van der Waals surface area contributed by atoms with Crippen LogP contribution >= 0.6 is 0 Å². The molecule has 1 aromatic carbocycles. The van der Waals surface area contributed by atoms with Crippen molar-refractivity contribution in [1.82, 2.24) is 0 Å². The number of benzene rings is 1. The highest BCUT2D eigenvalue weighted by molar-refractivity contribution is 5.41. The Morgan fingerprint density at radius 2 is 2.06 bits per heavy atom. The molecule has 0 heterocycles. The van der Waals surface area contributed by atoms with Crippen molar-refractivity contribution in [3.8, 4) is 11.5 Å². The van der Waals surface area contributed by atoms with Crippen LogP contribution in [-0.2, 0) is 11.3 Å². The lowest BCUT2D eigenvalue weighted by Gasteiger charge is -2.12. The van der Waals surface area contributed by atoms with Gasteiger partial charge >= 0.3 is 0 Å². The number of hydrogen-bond donors (Lipinski definition) is 1. The first kappa shape index (κ1) is 12.8. The summed E-state index contributed by atoms with van der Waals surface area (Å²) in [4.78, 5) is 0. The molecule has 0 aliphatic carbocycles. The average Bonchev–Trinajstić information content (AvgIpc) is 2.30. The van der Waals surface area contributed by atoms with E-state index in [4.69, 9.17) is 9.47 Å². The zero-order chi connectivity index (χ0) is 12.0. The van der Waals surface area contributed by atoms with Crippen LogP contribution in [0.5, 0.6) is 11.5 Å². The fourth-order valence-electron chi connectivity index (χ4n) is 1.28. The molecule has 90 valence electrons. The maximum absolute atomic E-state index is 9.52. The topological polar surface area (TPSA) is 38.7 Å². The van der Waals surface area contributed by atoms with Gasteiger partial charge in [0.1, 0.15) is 0 Å². The predicted octanol–water partition coefficient (Wildman–Crippen LogP) is 3.11. The zero-order valence-corrected chi connectivity index (χ0v) is 10.2. The minimum atomic E-state index is 0.175. The molecule has 0 amide bonds. The van der Waals surface area contributed by atoms with Gasteiger partial charge in [0.25, 0.3) is 0 Å². The van der Waals surface area contributed by atoms with E-state index in [-0.39, 0.29) is 11.9 Å². The summed E-state index contributed by atoms with van der Waals surface area (Å²) in [5.74, 6) is 0.696. The monoisotopic (exact) mass is 224 g/mol. The summed E-state index contributed by atoms with van der Waals surface area (Å²) in [6.07, 6.45) is 1.25. The number of ether oxygens (including phenoxy) is 2. The van der Waals surface area contributed by atoms with E-state index in [1.165, 1.54) is 0 Å². The van der Waals surface area contributed by atoms with Crippen LogP contribution in [0.15, 0.2) is 18.2 Å². The smallest absolute Gasteiger partial charge is 0.161 e. The third kappa shape index (κ3) is 3.74. The Morgan fingerprint density at radius 1 is 1.31 bits per heavy atom. The third-order valence-electron chi connectivity index (χ3n) is 2.43.